The van der Waals surface area contributed by atoms with Crippen molar-refractivity contribution in [2.24, 2.45) is 0 Å². The molecule has 0 spiro atoms. The van der Waals surface area contributed by atoms with Crippen LogP contribution in [0.5, 0.6) is 11.5 Å². The molecular weight excluding hydrogens is 444 g/mol. The van der Waals surface area contributed by atoms with Gasteiger partial charge in [0.2, 0.25) is 11.8 Å². The normalized spacial score (nSPS) is 17.4. The highest BCUT2D eigenvalue weighted by atomic mass is 79.9. The number of carbonyl (C=O) groups is 1. The van der Waals surface area contributed by atoms with Crippen molar-refractivity contribution in [3.63, 3.8) is 0 Å². The van der Waals surface area contributed by atoms with Crippen LogP contribution in [0.4, 0.5) is 5.69 Å². The molecular formula is C21H22BrClN2O3. The molecule has 7 heteroatoms. The number of hydrogen-bond acceptors (Lipinski definition) is 3. The lowest BCUT2D eigenvalue weighted by atomic mass is 9.90. The monoisotopic (exact) mass is 464 g/mol. The van der Waals surface area contributed by atoms with Gasteiger partial charge in [-0.1, -0.05) is 18.5 Å². The summed E-state index contributed by atoms with van der Waals surface area (Å²) in [6.07, 6.45) is 1.55. The van der Waals surface area contributed by atoms with E-state index in [1.807, 2.05) is 31.2 Å². The molecule has 148 valence electrons. The van der Waals surface area contributed by atoms with Gasteiger partial charge in [-0.15, -0.1) is 0 Å². The third kappa shape index (κ3) is 3.29. The van der Waals surface area contributed by atoms with E-state index in [0.29, 0.717) is 16.5 Å². The maximum atomic E-state index is 12.8. The Morgan fingerprint density at radius 2 is 1.86 bits per heavy atom. The van der Waals surface area contributed by atoms with Gasteiger partial charge in [-0.2, -0.15) is 0 Å². The fourth-order valence-electron chi connectivity index (χ4n) is 4.05. The first kappa shape index (κ1) is 20.7. The fraction of sp³-hybridized carbons (Fsp3) is 0.333. The van der Waals surface area contributed by atoms with Crippen LogP contribution in [0.2, 0.25) is 5.02 Å². The lowest BCUT2D eigenvalue weighted by molar-refractivity contribution is -0.552. The predicted octanol–water partition coefficient (Wildman–Crippen LogP) is 0.498. The van der Waals surface area contributed by atoms with E-state index in [-0.39, 0.29) is 28.9 Å². The Morgan fingerprint density at radius 1 is 1.14 bits per heavy atom. The number of halogens is 2. The zero-order valence-corrected chi connectivity index (χ0v) is 18.4. The van der Waals surface area contributed by atoms with Crippen LogP contribution >= 0.6 is 11.6 Å². The molecule has 5 nitrogen and oxygen atoms in total. The van der Waals surface area contributed by atoms with Gasteiger partial charge in [-0.05, 0) is 35.9 Å². The van der Waals surface area contributed by atoms with Crippen molar-refractivity contribution in [3.8, 4) is 11.5 Å². The summed E-state index contributed by atoms with van der Waals surface area (Å²) in [5.74, 6) is 1.40. The van der Waals surface area contributed by atoms with Crippen molar-refractivity contribution in [2.75, 3.05) is 26.1 Å². The molecule has 28 heavy (non-hydrogen) atoms. The summed E-state index contributed by atoms with van der Waals surface area (Å²) in [5.41, 5.74) is 4.95. The molecule has 0 saturated carbocycles. The van der Waals surface area contributed by atoms with Crippen molar-refractivity contribution in [1.82, 2.24) is 0 Å². The van der Waals surface area contributed by atoms with Crippen LogP contribution in [0.1, 0.15) is 30.0 Å². The molecule has 0 aromatic heterocycles. The lowest BCUT2D eigenvalue weighted by Crippen LogP contribution is -3.00. The number of anilines is 1. The van der Waals surface area contributed by atoms with Gasteiger partial charge in [0.1, 0.15) is 6.54 Å². The summed E-state index contributed by atoms with van der Waals surface area (Å²) >= 11 is 6.31. The Kier molecular flexibility index (Phi) is 6.01. The Balaban J connectivity index is 0.00000225. The number of rotatable bonds is 3. The van der Waals surface area contributed by atoms with E-state index in [2.05, 4.69) is 9.89 Å². The van der Waals surface area contributed by atoms with Crippen LogP contribution in [0.25, 0.3) is 0 Å². The highest BCUT2D eigenvalue weighted by Gasteiger charge is 2.40. The standard InChI is InChI=1S/C21H21ClN2O3.BrH/c1-4-17-21(25)23-16-6-5-13(22)10-15(16)20-14-11-19(27-3)18(26-2)9-12(14)7-8-24(17)20;/h5-6,9-11,17H,4,7-8H2,1-3H3;1H. The van der Waals surface area contributed by atoms with Gasteiger partial charge in [0.25, 0.3) is 5.91 Å². The quantitative estimate of drug-likeness (QED) is 0.672. The second kappa shape index (κ2) is 8.13. The van der Waals surface area contributed by atoms with Crippen LogP contribution in [-0.4, -0.2) is 43.0 Å². The molecule has 2 aromatic carbocycles. The molecule has 1 N–H and O–H groups in total. The smallest absolute Gasteiger partial charge is 0.293 e. The minimum absolute atomic E-state index is 0. The van der Waals surface area contributed by atoms with Gasteiger partial charge in [0.15, 0.2) is 11.5 Å². The first-order chi connectivity index (χ1) is 13.1. The Labute approximate surface area is 180 Å². The Hall–Kier alpha value is -2.05. The van der Waals surface area contributed by atoms with Crippen molar-refractivity contribution < 1.29 is 35.8 Å². The first-order valence-corrected chi connectivity index (χ1v) is 9.44. The van der Waals surface area contributed by atoms with Crippen LogP contribution in [-0.2, 0) is 11.2 Å². The van der Waals surface area contributed by atoms with Gasteiger partial charge in [-0.3, -0.25) is 4.79 Å². The predicted molar refractivity (Wildman–Crippen MR) is 106 cm³/mol. The average molecular weight is 466 g/mol. The topological polar surface area (TPSA) is 50.6 Å². The van der Waals surface area contributed by atoms with Crippen molar-refractivity contribution >= 4 is 28.9 Å². The highest BCUT2D eigenvalue weighted by molar-refractivity contribution is 6.31. The Morgan fingerprint density at radius 3 is 2.54 bits per heavy atom. The molecule has 0 saturated heterocycles. The van der Waals surface area contributed by atoms with Gasteiger partial charge >= 0.3 is 0 Å². The number of amides is 1. The lowest BCUT2D eigenvalue weighted by Gasteiger charge is -2.22. The van der Waals surface area contributed by atoms with Crippen molar-refractivity contribution in [3.05, 3.63) is 52.0 Å². The van der Waals surface area contributed by atoms with Gasteiger partial charge < -0.3 is 31.8 Å². The number of nitrogens with zero attached hydrogens (tertiary/aromatic N) is 1. The molecule has 2 aliphatic rings. The number of benzene rings is 2. The number of hydrogen-bond donors (Lipinski definition) is 1. The van der Waals surface area contributed by atoms with Crippen LogP contribution in [0.3, 0.4) is 0 Å². The number of methoxy groups -OCH3 is 2. The largest absolute Gasteiger partial charge is 1.00 e. The maximum Gasteiger partial charge on any atom is 0.293 e. The summed E-state index contributed by atoms with van der Waals surface area (Å²) in [7, 11) is 3.27. The Bertz CT molecular complexity index is 974. The average Bonchev–Trinajstić information content (AvgIpc) is 2.79. The van der Waals surface area contributed by atoms with E-state index in [1.165, 1.54) is 5.56 Å². The van der Waals surface area contributed by atoms with Crippen LogP contribution in [0.15, 0.2) is 30.3 Å². The molecule has 4 rings (SSSR count). The molecule has 0 bridgehead atoms. The van der Waals surface area contributed by atoms with Gasteiger partial charge in [-0.25, -0.2) is 4.58 Å². The molecule has 2 aliphatic heterocycles. The summed E-state index contributed by atoms with van der Waals surface area (Å²) in [6, 6.07) is 9.40. The van der Waals surface area contributed by atoms with E-state index in [4.69, 9.17) is 21.1 Å². The van der Waals surface area contributed by atoms with Crippen LogP contribution in [0, 0.1) is 0 Å². The molecule has 2 aromatic rings. The fourth-order valence-corrected chi connectivity index (χ4v) is 4.22. The molecule has 0 fully saturated rings. The zero-order valence-electron chi connectivity index (χ0n) is 16.0. The van der Waals surface area contributed by atoms with Gasteiger partial charge in [0.05, 0.1) is 31.0 Å². The first-order valence-electron chi connectivity index (χ1n) is 9.07. The molecule has 1 unspecified atom stereocenters. The van der Waals surface area contributed by atoms with Crippen LogP contribution < -0.4 is 31.8 Å². The minimum Gasteiger partial charge on any atom is -1.00 e. The molecule has 0 radical (unpaired) electrons. The summed E-state index contributed by atoms with van der Waals surface area (Å²) in [5, 5.41) is 3.71. The van der Waals surface area contributed by atoms with E-state index in [1.54, 1.807) is 20.3 Å². The zero-order chi connectivity index (χ0) is 19.1. The van der Waals surface area contributed by atoms with Crippen molar-refractivity contribution in [1.29, 1.82) is 0 Å². The molecule has 0 aliphatic carbocycles. The SMILES string of the molecule is CCC1C(=O)Nc2ccc(Cl)cc2C2=[N+]1CCc1cc(OC)c(OC)cc12.[Br-]. The third-order valence-electron chi connectivity index (χ3n) is 5.33. The minimum atomic E-state index is -0.229. The highest BCUT2D eigenvalue weighted by Crippen LogP contribution is 2.36. The summed E-state index contributed by atoms with van der Waals surface area (Å²) < 4.78 is 13.2. The number of carbonyl (C=O) groups excluding carboxylic acids is 1. The van der Waals surface area contributed by atoms with Gasteiger partial charge in [0, 0.05) is 17.9 Å². The number of ether oxygens (including phenoxy) is 2. The maximum absolute atomic E-state index is 12.8. The van der Waals surface area contributed by atoms with E-state index in [9.17, 15) is 4.79 Å². The van der Waals surface area contributed by atoms with E-state index >= 15 is 0 Å². The van der Waals surface area contributed by atoms with Crippen molar-refractivity contribution in [2.45, 2.75) is 25.8 Å². The summed E-state index contributed by atoms with van der Waals surface area (Å²) in [4.78, 5) is 12.8. The third-order valence-corrected chi connectivity index (χ3v) is 5.57. The second-order valence-corrected chi connectivity index (χ2v) is 7.20. The molecule has 2 heterocycles. The molecule has 1 atom stereocenters. The number of fused-ring (bicyclic) bond motifs is 4. The molecule has 1 amide bonds. The number of nitrogens with one attached hydrogen (secondary N) is 1. The van der Waals surface area contributed by atoms with E-state index < -0.39 is 0 Å². The van der Waals surface area contributed by atoms with E-state index in [0.717, 1.165) is 41.9 Å². The second-order valence-electron chi connectivity index (χ2n) is 6.76. The summed E-state index contributed by atoms with van der Waals surface area (Å²) in [6.45, 7) is 2.80.